The number of halogens is 1. The first-order valence-electron chi connectivity index (χ1n) is 6.44. The van der Waals surface area contributed by atoms with Crippen LogP contribution in [0.3, 0.4) is 0 Å². The first kappa shape index (κ1) is 16.4. The molecule has 6 heteroatoms. The van der Waals surface area contributed by atoms with Crippen LogP contribution in [0.1, 0.15) is 19.3 Å². The molecule has 0 unspecified atom stereocenters. The Balaban J connectivity index is 0.00000162. The van der Waals surface area contributed by atoms with Crippen LogP contribution >= 0.6 is 35.7 Å². The second-order valence-corrected chi connectivity index (χ2v) is 6.47. The van der Waals surface area contributed by atoms with E-state index in [9.17, 15) is 0 Å². The van der Waals surface area contributed by atoms with E-state index in [1.807, 2.05) is 11.8 Å². The van der Waals surface area contributed by atoms with Crippen molar-refractivity contribution in [1.82, 2.24) is 9.80 Å². The molecule has 0 aromatic carbocycles. The lowest BCUT2D eigenvalue weighted by Gasteiger charge is -2.46. The van der Waals surface area contributed by atoms with Crippen LogP contribution in [0.4, 0.5) is 0 Å². The van der Waals surface area contributed by atoms with E-state index in [1.165, 1.54) is 30.8 Å². The zero-order valence-corrected chi connectivity index (χ0v) is 14.5. The number of hydrogen-bond donors (Lipinski definition) is 1. The summed E-state index contributed by atoms with van der Waals surface area (Å²) in [5.41, 5.74) is 6.37. The molecule has 2 N–H and O–H groups in total. The molecule has 2 fully saturated rings. The van der Waals surface area contributed by atoms with Crippen LogP contribution in [0.25, 0.3) is 0 Å². The third kappa shape index (κ3) is 3.66. The number of nitrogens with two attached hydrogens (primary N) is 1. The van der Waals surface area contributed by atoms with E-state index in [0.29, 0.717) is 0 Å². The standard InChI is InChI=1S/C12H24N4S.HI/c1-15(2)12(4-3-5-12)10-14-11(13)16-6-8-17-9-7-16;/h3-10H2,1-2H3,(H2,13,14);1H. The van der Waals surface area contributed by atoms with Gasteiger partial charge in [0.25, 0.3) is 0 Å². The quantitative estimate of drug-likeness (QED) is 0.455. The van der Waals surface area contributed by atoms with Gasteiger partial charge < -0.3 is 15.5 Å². The van der Waals surface area contributed by atoms with Crippen molar-refractivity contribution in [2.24, 2.45) is 10.7 Å². The molecule has 0 aromatic heterocycles. The fourth-order valence-electron chi connectivity index (χ4n) is 2.45. The summed E-state index contributed by atoms with van der Waals surface area (Å²) < 4.78 is 0. The highest BCUT2D eigenvalue weighted by molar-refractivity contribution is 14.0. The topological polar surface area (TPSA) is 44.9 Å². The van der Waals surface area contributed by atoms with Crippen LogP contribution in [-0.4, -0.2) is 66.5 Å². The first-order valence-corrected chi connectivity index (χ1v) is 7.60. The number of thioether (sulfide) groups is 1. The highest BCUT2D eigenvalue weighted by Gasteiger charge is 2.38. The summed E-state index contributed by atoms with van der Waals surface area (Å²) in [5.74, 6) is 3.10. The minimum atomic E-state index is 0. The van der Waals surface area contributed by atoms with E-state index >= 15 is 0 Å². The van der Waals surface area contributed by atoms with Gasteiger partial charge in [0, 0.05) is 30.1 Å². The summed E-state index contributed by atoms with van der Waals surface area (Å²) in [5, 5.41) is 0. The van der Waals surface area contributed by atoms with Crippen molar-refractivity contribution in [2.45, 2.75) is 24.8 Å². The first-order chi connectivity index (χ1) is 8.14. The number of rotatable bonds is 3. The fourth-order valence-corrected chi connectivity index (χ4v) is 3.36. The summed E-state index contributed by atoms with van der Waals surface area (Å²) in [6.45, 7) is 2.96. The van der Waals surface area contributed by atoms with Crippen molar-refractivity contribution in [3.63, 3.8) is 0 Å². The van der Waals surface area contributed by atoms with Crippen LogP contribution in [0, 0.1) is 0 Å². The van der Waals surface area contributed by atoms with Crippen LogP contribution in [0.5, 0.6) is 0 Å². The van der Waals surface area contributed by atoms with Gasteiger partial charge in [0.15, 0.2) is 5.96 Å². The maximum atomic E-state index is 6.08. The molecule has 0 atom stereocenters. The minimum Gasteiger partial charge on any atom is -0.370 e. The Morgan fingerprint density at radius 3 is 2.39 bits per heavy atom. The normalized spacial score (nSPS) is 23.5. The highest BCUT2D eigenvalue weighted by atomic mass is 127. The molecule has 1 aliphatic heterocycles. The predicted octanol–water partition coefficient (Wildman–Crippen LogP) is 1.45. The smallest absolute Gasteiger partial charge is 0.191 e. The van der Waals surface area contributed by atoms with Crippen LogP contribution in [0.2, 0.25) is 0 Å². The molecule has 1 saturated heterocycles. The van der Waals surface area contributed by atoms with Crippen molar-refractivity contribution in [3.8, 4) is 0 Å². The lowest BCUT2D eigenvalue weighted by Crippen LogP contribution is -2.53. The Kier molecular flexibility index (Phi) is 6.54. The Hall–Kier alpha value is 0.310. The second-order valence-electron chi connectivity index (χ2n) is 5.25. The van der Waals surface area contributed by atoms with Gasteiger partial charge in [0.05, 0.1) is 6.54 Å². The summed E-state index contributed by atoms with van der Waals surface area (Å²) >= 11 is 2.00. The van der Waals surface area contributed by atoms with Gasteiger partial charge in [-0.25, -0.2) is 0 Å². The molecule has 18 heavy (non-hydrogen) atoms. The van der Waals surface area contributed by atoms with E-state index in [0.717, 1.165) is 25.6 Å². The molecule has 0 bridgehead atoms. The lowest BCUT2D eigenvalue weighted by atomic mass is 9.76. The molecule has 2 aliphatic rings. The molecule has 2 rings (SSSR count). The molecule has 4 nitrogen and oxygen atoms in total. The highest BCUT2D eigenvalue weighted by Crippen LogP contribution is 2.36. The van der Waals surface area contributed by atoms with Crippen molar-refractivity contribution in [2.75, 3.05) is 45.2 Å². The summed E-state index contributed by atoms with van der Waals surface area (Å²) in [6.07, 6.45) is 3.84. The summed E-state index contributed by atoms with van der Waals surface area (Å²) in [4.78, 5) is 9.17. The molecule has 0 radical (unpaired) electrons. The molecule has 1 aliphatic carbocycles. The van der Waals surface area contributed by atoms with Gasteiger partial charge in [-0.3, -0.25) is 4.99 Å². The Morgan fingerprint density at radius 1 is 1.33 bits per heavy atom. The molecule has 0 amide bonds. The third-order valence-corrected chi connectivity index (χ3v) is 5.05. The van der Waals surface area contributed by atoms with Gasteiger partial charge in [-0.15, -0.1) is 24.0 Å². The molecule has 1 heterocycles. The number of guanidine groups is 1. The summed E-state index contributed by atoms with van der Waals surface area (Å²) in [6, 6.07) is 0. The second kappa shape index (κ2) is 7.19. The van der Waals surface area contributed by atoms with Gasteiger partial charge in [-0.2, -0.15) is 11.8 Å². The van der Waals surface area contributed by atoms with Gasteiger partial charge in [-0.05, 0) is 33.4 Å². The average molecular weight is 384 g/mol. The third-order valence-electron chi connectivity index (χ3n) is 4.10. The molecule has 0 aromatic rings. The Bertz CT molecular complexity index is 286. The van der Waals surface area contributed by atoms with Crippen molar-refractivity contribution in [3.05, 3.63) is 0 Å². The number of hydrogen-bond acceptors (Lipinski definition) is 3. The number of likely N-dealkylation sites (N-methyl/N-ethyl adjacent to an activating group) is 1. The predicted molar refractivity (Wildman–Crippen MR) is 91.1 cm³/mol. The van der Waals surface area contributed by atoms with E-state index in [-0.39, 0.29) is 29.5 Å². The van der Waals surface area contributed by atoms with E-state index in [1.54, 1.807) is 0 Å². The van der Waals surface area contributed by atoms with Crippen molar-refractivity contribution < 1.29 is 0 Å². The molecule has 1 saturated carbocycles. The van der Waals surface area contributed by atoms with E-state index < -0.39 is 0 Å². The SMILES string of the molecule is CN(C)C1(CN=C(N)N2CCSCC2)CCC1.I. The van der Waals surface area contributed by atoms with Crippen LogP contribution in [-0.2, 0) is 0 Å². The fraction of sp³-hybridized carbons (Fsp3) is 0.917. The number of aliphatic imine (C=N–C) groups is 1. The molecule has 106 valence electrons. The maximum absolute atomic E-state index is 6.08. The molecular formula is C12H25IN4S. The Labute approximate surface area is 132 Å². The zero-order valence-electron chi connectivity index (χ0n) is 11.4. The monoisotopic (exact) mass is 384 g/mol. The van der Waals surface area contributed by atoms with Crippen LogP contribution < -0.4 is 5.73 Å². The number of nitrogens with zero attached hydrogens (tertiary/aromatic N) is 3. The summed E-state index contributed by atoms with van der Waals surface area (Å²) in [7, 11) is 4.31. The zero-order chi connectivity index (χ0) is 12.3. The minimum absolute atomic E-state index is 0. The van der Waals surface area contributed by atoms with E-state index in [4.69, 9.17) is 5.73 Å². The van der Waals surface area contributed by atoms with Crippen molar-refractivity contribution >= 4 is 41.7 Å². The maximum Gasteiger partial charge on any atom is 0.191 e. The largest absolute Gasteiger partial charge is 0.370 e. The van der Waals surface area contributed by atoms with Gasteiger partial charge in [0.1, 0.15) is 0 Å². The average Bonchev–Trinajstić information content (AvgIpc) is 2.28. The van der Waals surface area contributed by atoms with Gasteiger partial charge in [-0.1, -0.05) is 0 Å². The van der Waals surface area contributed by atoms with Gasteiger partial charge >= 0.3 is 0 Å². The van der Waals surface area contributed by atoms with Crippen LogP contribution in [0.15, 0.2) is 4.99 Å². The molecule has 0 spiro atoms. The van der Waals surface area contributed by atoms with Gasteiger partial charge in [0.2, 0.25) is 0 Å². The van der Waals surface area contributed by atoms with Crippen molar-refractivity contribution in [1.29, 1.82) is 0 Å². The molecular weight excluding hydrogens is 359 g/mol. The Morgan fingerprint density at radius 2 is 1.94 bits per heavy atom. The lowest BCUT2D eigenvalue weighted by molar-refractivity contribution is 0.0697. The van der Waals surface area contributed by atoms with E-state index in [2.05, 4.69) is 28.9 Å².